The van der Waals surface area contributed by atoms with Crippen molar-refractivity contribution in [3.8, 4) is 0 Å². The Morgan fingerprint density at radius 2 is 1.65 bits per heavy atom. The Morgan fingerprint density at radius 1 is 0.962 bits per heavy atom. The monoisotopic (exact) mass is 404 g/mol. The summed E-state index contributed by atoms with van der Waals surface area (Å²) in [7, 11) is 7.05. The second kappa shape index (κ2) is 5.97. The number of carbonyl (C=O) groups is 1. The standard InChI is InChI=1S/C17H16N4O2S3/c1-18-9-7-5-6-8-10(9)25-16(18)12-14(23)20(3)15(26-12)11-13(22)21(4)17(24)19(11)2/h5-8H,1-4H3/b15-11+,16-12-. The van der Waals surface area contributed by atoms with Gasteiger partial charge in [-0.3, -0.25) is 14.5 Å². The van der Waals surface area contributed by atoms with Gasteiger partial charge in [-0.15, -0.1) is 11.3 Å². The number of rotatable bonds is 0. The van der Waals surface area contributed by atoms with Gasteiger partial charge in [0.25, 0.3) is 11.5 Å². The van der Waals surface area contributed by atoms with Crippen molar-refractivity contribution in [2.45, 2.75) is 4.90 Å². The van der Waals surface area contributed by atoms with Gasteiger partial charge in [0.05, 0.1) is 5.69 Å². The van der Waals surface area contributed by atoms with Crippen LogP contribution in [0.5, 0.6) is 0 Å². The Labute approximate surface area is 163 Å². The van der Waals surface area contributed by atoms with Crippen LogP contribution in [0.4, 0.5) is 5.69 Å². The summed E-state index contributed by atoms with van der Waals surface area (Å²) in [6, 6.07) is 8.04. The highest BCUT2D eigenvalue weighted by molar-refractivity contribution is 8.08. The van der Waals surface area contributed by atoms with E-state index in [9.17, 15) is 9.59 Å². The van der Waals surface area contributed by atoms with Gasteiger partial charge in [-0.1, -0.05) is 23.9 Å². The summed E-state index contributed by atoms with van der Waals surface area (Å²) < 4.78 is 2.78. The topological polar surface area (TPSA) is 48.8 Å². The molecule has 1 saturated heterocycles. The zero-order chi connectivity index (χ0) is 18.7. The number of fused-ring (bicyclic) bond motifs is 1. The van der Waals surface area contributed by atoms with E-state index >= 15 is 0 Å². The molecule has 1 fully saturated rings. The number of benzene rings is 1. The molecule has 3 heterocycles. The maximum absolute atomic E-state index is 12.9. The van der Waals surface area contributed by atoms with Crippen LogP contribution in [-0.4, -0.2) is 46.5 Å². The molecule has 4 rings (SSSR count). The molecule has 1 amide bonds. The zero-order valence-electron chi connectivity index (χ0n) is 14.6. The van der Waals surface area contributed by atoms with E-state index in [2.05, 4.69) is 0 Å². The van der Waals surface area contributed by atoms with Crippen LogP contribution in [0, 0.1) is 0 Å². The maximum Gasteiger partial charge on any atom is 0.279 e. The van der Waals surface area contributed by atoms with E-state index in [1.807, 2.05) is 36.2 Å². The number of thiazole rings is 1. The van der Waals surface area contributed by atoms with E-state index in [-0.39, 0.29) is 11.5 Å². The molecule has 0 spiro atoms. The van der Waals surface area contributed by atoms with Gasteiger partial charge in [0, 0.05) is 33.1 Å². The van der Waals surface area contributed by atoms with Crippen LogP contribution in [0.2, 0.25) is 0 Å². The minimum Gasteiger partial charge on any atom is -0.337 e. The number of aromatic nitrogens is 1. The molecular formula is C17H16N4O2S3. The van der Waals surface area contributed by atoms with E-state index in [1.54, 1.807) is 37.8 Å². The Hall–Kier alpha value is -2.10. The fourth-order valence-electron chi connectivity index (χ4n) is 3.04. The molecule has 0 atom stereocenters. The Balaban J connectivity index is 2.01. The highest BCUT2D eigenvalue weighted by atomic mass is 32.2. The van der Waals surface area contributed by atoms with Crippen molar-refractivity contribution in [1.82, 2.24) is 14.4 Å². The molecule has 1 aromatic heterocycles. The second-order valence-corrected chi connectivity index (χ2v) is 8.48. The zero-order valence-corrected chi connectivity index (χ0v) is 17.1. The van der Waals surface area contributed by atoms with Gasteiger partial charge < -0.3 is 14.4 Å². The van der Waals surface area contributed by atoms with Crippen LogP contribution in [0.25, 0.3) is 10.7 Å². The first-order valence-electron chi connectivity index (χ1n) is 7.83. The number of amides is 1. The average Bonchev–Trinajstić information content (AvgIpc) is 3.18. The van der Waals surface area contributed by atoms with E-state index < -0.39 is 0 Å². The van der Waals surface area contributed by atoms with Crippen molar-refractivity contribution in [3.63, 3.8) is 0 Å². The number of thiocarbonyl (C=S) groups is 1. The van der Waals surface area contributed by atoms with Gasteiger partial charge >= 0.3 is 0 Å². The number of nitrogens with zero attached hydrogens (tertiary/aromatic N) is 4. The van der Waals surface area contributed by atoms with Crippen LogP contribution in [-0.2, 0) is 11.8 Å². The number of likely N-dealkylation sites (N-methyl/N-ethyl adjacent to an activating group) is 2. The van der Waals surface area contributed by atoms with Crippen molar-refractivity contribution < 1.29 is 4.79 Å². The Kier molecular flexibility index (Phi) is 3.98. The van der Waals surface area contributed by atoms with Gasteiger partial charge in [0.1, 0.15) is 19.9 Å². The number of anilines is 1. The fourth-order valence-corrected chi connectivity index (χ4v) is 5.73. The first-order chi connectivity index (χ1) is 12.3. The largest absolute Gasteiger partial charge is 0.337 e. The first-order valence-corrected chi connectivity index (χ1v) is 9.88. The summed E-state index contributed by atoms with van der Waals surface area (Å²) in [5, 5.41) is 1.31. The molecule has 0 aliphatic carbocycles. The SMILES string of the molecule is CN1C(=O)/C(=c2\s/c(=C3\Sc4ccccc4N3C)c(=O)n2C)N(C)C1=S. The third-order valence-electron chi connectivity index (χ3n) is 4.55. The molecule has 134 valence electrons. The number of thioether (sulfide) groups is 1. The van der Waals surface area contributed by atoms with Crippen LogP contribution in [0.15, 0.2) is 34.0 Å². The number of hydrogen-bond donors (Lipinski definition) is 0. The van der Waals surface area contributed by atoms with Gasteiger partial charge in [0.15, 0.2) is 5.11 Å². The van der Waals surface area contributed by atoms with Gasteiger partial charge in [-0.05, 0) is 24.4 Å². The van der Waals surface area contributed by atoms with Crippen LogP contribution >= 0.6 is 35.3 Å². The molecule has 0 saturated carbocycles. The average molecular weight is 405 g/mol. The minimum atomic E-state index is -0.193. The highest BCUT2D eigenvalue weighted by Gasteiger charge is 2.35. The summed E-state index contributed by atoms with van der Waals surface area (Å²) in [6.45, 7) is 0. The number of carbonyl (C=O) groups excluding carboxylic acids is 1. The maximum atomic E-state index is 12.9. The van der Waals surface area contributed by atoms with E-state index in [0.717, 1.165) is 15.6 Å². The van der Waals surface area contributed by atoms with E-state index in [4.69, 9.17) is 12.2 Å². The molecule has 26 heavy (non-hydrogen) atoms. The normalized spacial score (nSPS) is 21.2. The molecule has 0 N–H and O–H groups in total. The van der Waals surface area contributed by atoms with Crippen molar-refractivity contribution >= 4 is 62.7 Å². The highest BCUT2D eigenvalue weighted by Crippen LogP contribution is 2.44. The molecule has 0 bridgehead atoms. The lowest BCUT2D eigenvalue weighted by atomic mass is 10.3. The quantitative estimate of drug-likeness (QED) is 0.598. The van der Waals surface area contributed by atoms with Crippen molar-refractivity contribution in [2.75, 3.05) is 26.0 Å². The summed E-state index contributed by atoms with van der Waals surface area (Å²) in [6.07, 6.45) is 0. The number of hydrogen-bond acceptors (Lipinski definition) is 6. The minimum absolute atomic E-state index is 0.110. The first kappa shape index (κ1) is 17.3. The van der Waals surface area contributed by atoms with Crippen LogP contribution < -0.4 is 19.7 Å². The fraction of sp³-hybridized carbons (Fsp3) is 0.235. The van der Waals surface area contributed by atoms with Gasteiger partial charge in [-0.2, -0.15) is 0 Å². The molecular weight excluding hydrogens is 388 g/mol. The summed E-state index contributed by atoms with van der Waals surface area (Å²) >= 11 is 8.19. The van der Waals surface area contributed by atoms with E-state index in [1.165, 1.54) is 20.8 Å². The molecule has 2 aromatic rings. The summed E-state index contributed by atoms with van der Waals surface area (Å²) in [5.74, 6) is -0.193. The smallest absolute Gasteiger partial charge is 0.279 e. The lowest BCUT2D eigenvalue weighted by molar-refractivity contribution is -0.120. The molecule has 1 aromatic carbocycles. The van der Waals surface area contributed by atoms with Gasteiger partial charge in [-0.25, -0.2) is 0 Å². The van der Waals surface area contributed by atoms with Crippen molar-refractivity contribution in [2.24, 2.45) is 7.05 Å². The Morgan fingerprint density at radius 3 is 2.27 bits per heavy atom. The molecule has 0 unspecified atom stereocenters. The third-order valence-corrected chi connectivity index (χ3v) is 7.70. The lowest BCUT2D eigenvalue weighted by Gasteiger charge is -2.11. The van der Waals surface area contributed by atoms with Crippen LogP contribution in [0.3, 0.4) is 0 Å². The molecule has 9 heteroatoms. The summed E-state index contributed by atoms with van der Waals surface area (Å²) in [5.41, 5.74) is 1.41. The van der Waals surface area contributed by atoms with Gasteiger partial charge in [0.2, 0.25) is 0 Å². The molecule has 6 nitrogen and oxygen atoms in total. The lowest BCUT2D eigenvalue weighted by Crippen LogP contribution is -2.33. The molecule has 2 aliphatic rings. The van der Waals surface area contributed by atoms with E-state index in [0.29, 0.717) is 20.0 Å². The summed E-state index contributed by atoms with van der Waals surface area (Å²) in [4.78, 5) is 31.8. The second-order valence-electron chi connectivity index (χ2n) is 6.09. The van der Waals surface area contributed by atoms with Crippen molar-refractivity contribution in [3.05, 3.63) is 43.8 Å². The Bertz CT molecular complexity index is 1150. The molecule has 2 aliphatic heterocycles. The van der Waals surface area contributed by atoms with Crippen LogP contribution in [0.1, 0.15) is 0 Å². The van der Waals surface area contributed by atoms with Crippen molar-refractivity contribution in [1.29, 1.82) is 0 Å². The predicted octanol–water partition coefficient (Wildman–Crippen LogP) is 0.551. The number of para-hydroxylation sites is 1. The predicted molar refractivity (Wildman–Crippen MR) is 109 cm³/mol. The third kappa shape index (κ3) is 2.27. The molecule has 0 radical (unpaired) electrons.